The van der Waals surface area contributed by atoms with Crippen molar-refractivity contribution in [1.29, 1.82) is 0 Å². The third kappa shape index (κ3) is 3.68. The molecular formula is C10H14BrFN2O. The lowest BCUT2D eigenvalue weighted by Crippen LogP contribution is -2.11. The first-order chi connectivity index (χ1) is 7.00. The SMILES string of the molecule is CC(O)CCNc1cc(F)c(Br)cc1N. The van der Waals surface area contributed by atoms with Crippen LogP contribution >= 0.6 is 15.9 Å². The molecule has 84 valence electrons. The predicted molar refractivity (Wildman–Crippen MR) is 63.3 cm³/mol. The second-order valence-corrected chi connectivity index (χ2v) is 4.27. The fourth-order valence-electron chi connectivity index (χ4n) is 1.13. The highest BCUT2D eigenvalue weighted by Crippen LogP contribution is 2.26. The van der Waals surface area contributed by atoms with Crippen LogP contribution in [0.5, 0.6) is 0 Å². The predicted octanol–water partition coefficient (Wildman–Crippen LogP) is 2.35. The van der Waals surface area contributed by atoms with E-state index in [1.54, 1.807) is 6.92 Å². The van der Waals surface area contributed by atoms with Gasteiger partial charge < -0.3 is 16.2 Å². The van der Waals surface area contributed by atoms with E-state index in [0.717, 1.165) is 0 Å². The second kappa shape index (κ2) is 5.32. The molecule has 15 heavy (non-hydrogen) atoms. The maximum absolute atomic E-state index is 13.2. The van der Waals surface area contributed by atoms with Crippen molar-refractivity contribution in [3.05, 3.63) is 22.4 Å². The Kier molecular flexibility index (Phi) is 4.35. The van der Waals surface area contributed by atoms with Crippen molar-refractivity contribution in [2.24, 2.45) is 0 Å². The lowest BCUT2D eigenvalue weighted by atomic mass is 10.2. The van der Waals surface area contributed by atoms with Crippen molar-refractivity contribution in [2.45, 2.75) is 19.4 Å². The Bertz CT molecular complexity index is 344. The Morgan fingerprint density at radius 3 is 2.87 bits per heavy atom. The van der Waals surface area contributed by atoms with Gasteiger partial charge in [0, 0.05) is 12.6 Å². The largest absolute Gasteiger partial charge is 0.397 e. The summed E-state index contributed by atoms with van der Waals surface area (Å²) >= 11 is 3.05. The van der Waals surface area contributed by atoms with Gasteiger partial charge >= 0.3 is 0 Å². The summed E-state index contributed by atoms with van der Waals surface area (Å²) in [5.74, 6) is -0.358. The average Bonchev–Trinajstić information content (AvgIpc) is 2.13. The summed E-state index contributed by atoms with van der Waals surface area (Å²) in [5.41, 5.74) is 6.72. The smallest absolute Gasteiger partial charge is 0.139 e. The van der Waals surface area contributed by atoms with Gasteiger partial charge in [0.05, 0.1) is 22.0 Å². The first kappa shape index (κ1) is 12.3. The summed E-state index contributed by atoms with van der Waals surface area (Å²) in [6.07, 6.45) is 0.218. The van der Waals surface area contributed by atoms with Gasteiger partial charge in [-0.05, 0) is 35.3 Å². The number of benzene rings is 1. The maximum atomic E-state index is 13.2. The molecule has 0 bridgehead atoms. The fourth-order valence-corrected chi connectivity index (χ4v) is 1.49. The van der Waals surface area contributed by atoms with E-state index in [1.807, 2.05) is 0 Å². The van der Waals surface area contributed by atoms with Crippen LogP contribution in [0.2, 0.25) is 0 Å². The quantitative estimate of drug-likeness (QED) is 0.740. The number of hydrogen-bond donors (Lipinski definition) is 3. The molecule has 0 aromatic heterocycles. The summed E-state index contributed by atoms with van der Waals surface area (Å²) in [7, 11) is 0. The first-order valence-corrected chi connectivity index (χ1v) is 5.46. The van der Waals surface area contributed by atoms with Gasteiger partial charge in [0.2, 0.25) is 0 Å². The molecule has 0 amide bonds. The van der Waals surface area contributed by atoms with Crippen LogP contribution < -0.4 is 11.1 Å². The molecule has 0 heterocycles. The fraction of sp³-hybridized carbons (Fsp3) is 0.400. The number of aliphatic hydroxyl groups excluding tert-OH is 1. The van der Waals surface area contributed by atoms with Crippen LogP contribution in [-0.4, -0.2) is 17.8 Å². The summed E-state index contributed by atoms with van der Waals surface area (Å²) < 4.78 is 13.5. The third-order valence-corrected chi connectivity index (χ3v) is 2.58. The van der Waals surface area contributed by atoms with Gasteiger partial charge in [0.1, 0.15) is 5.82 Å². The number of nitrogen functional groups attached to an aromatic ring is 1. The molecule has 1 unspecified atom stereocenters. The minimum absolute atomic E-state index is 0.348. The Morgan fingerprint density at radius 2 is 2.27 bits per heavy atom. The van der Waals surface area contributed by atoms with Gasteiger partial charge in [-0.1, -0.05) is 0 Å². The normalized spacial score (nSPS) is 12.5. The third-order valence-electron chi connectivity index (χ3n) is 1.97. The van der Waals surface area contributed by atoms with Crippen LogP contribution in [0.15, 0.2) is 16.6 Å². The molecule has 0 aliphatic carbocycles. The first-order valence-electron chi connectivity index (χ1n) is 4.67. The summed E-state index contributed by atoms with van der Waals surface area (Å²) in [5, 5.41) is 12.0. The van der Waals surface area contributed by atoms with Crippen molar-refractivity contribution >= 4 is 27.3 Å². The van der Waals surface area contributed by atoms with Crippen LogP contribution in [0.3, 0.4) is 0 Å². The highest BCUT2D eigenvalue weighted by molar-refractivity contribution is 9.10. The molecule has 3 nitrogen and oxygen atoms in total. The molecule has 1 atom stereocenters. The zero-order chi connectivity index (χ0) is 11.4. The molecule has 0 radical (unpaired) electrons. The van der Waals surface area contributed by atoms with E-state index in [9.17, 15) is 4.39 Å². The molecule has 0 saturated carbocycles. The van der Waals surface area contributed by atoms with E-state index in [-0.39, 0.29) is 11.9 Å². The number of nitrogens with one attached hydrogen (secondary N) is 1. The Morgan fingerprint density at radius 1 is 1.60 bits per heavy atom. The zero-order valence-corrected chi connectivity index (χ0v) is 10.0. The zero-order valence-electron chi connectivity index (χ0n) is 8.43. The highest BCUT2D eigenvalue weighted by atomic mass is 79.9. The summed E-state index contributed by atoms with van der Waals surface area (Å²) in [4.78, 5) is 0. The number of rotatable bonds is 4. The van der Waals surface area contributed by atoms with Crippen molar-refractivity contribution in [1.82, 2.24) is 0 Å². The lowest BCUT2D eigenvalue weighted by molar-refractivity contribution is 0.189. The lowest BCUT2D eigenvalue weighted by Gasteiger charge is -2.11. The van der Waals surface area contributed by atoms with Gasteiger partial charge in [0.15, 0.2) is 0 Å². The summed E-state index contributed by atoms with van der Waals surface area (Å²) in [6, 6.07) is 2.85. The summed E-state index contributed by atoms with van der Waals surface area (Å²) in [6.45, 7) is 2.26. The molecule has 1 aromatic carbocycles. The van der Waals surface area contributed by atoms with Gasteiger partial charge in [-0.3, -0.25) is 0 Å². The van der Waals surface area contributed by atoms with Crippen LogP contribution in [0.1, 0.15) is 13.3 Å². The Labute approximate surface area is 96.6 Å². The number of halogens is 2. The maximum Gasteiger partial charge on any atom is 0.139 e. The van der Waals surface area contributed by atoms with Crippen LogP contribution in [0.4, 0.5) is 15.8 Å². The van der Waals surface area contributed by atoms with Gasteiger partial charge in [0.25, 0.3) is 0 Å². The van der Waals surface area contributed by atoms with Crippen LogP contribution in [-0.2, 0) is 0 Å². The van der Waals surface area contributed by atoms with Crippen molar-refractivity contribution < 1.29 is 9.50 Å². The molecule has 0 spiro atoms. The number of anilines is 2. The van der Waals surface area contributed by atoms with E-state index in [2.05, 4.69) is 21.2 Å². The molecule has 0 saturated heterocycles. The molecule has 4 N–H and O–H groups in total. The molecule has 1 aromatic rings. The van der Waals surface area contributed by atoms with Gasteiger partial charge in [-0.15, -0.1) is 0 Å². The van der Waals surface area contributed by atoms with E-state index < -0.39 is 0 Å². The van der Waals surface area contributed by atoms with Gasteiger partial charge in [-0.2, -0.15) is 0 Å². The molecule has 1 rings (SSSR count). The van der Waals surface area contributed by atoms with Crippen molar-refractivity contribution in [3.63, 3.8) is 0 Å². The standard InChI is InChI=1S/C10H14BrFN2O/c1-6(15)2-3-14-10-5-8(12)7(11)4-9(10)13/h4-6,14-15H,2-3,13H2,1H3. The van der Waals surface area contributed by atoms with Crippen molar-refractivity contribution in [2.75, 3.05) is 17.6 Å². The topological polar surface area (TPSA) is 58.3 Å². The number of aliphatic hydroxyl groups is 1. The van der Waals surface area contributed by atoms with E-state index in [1.165, 1.54) is 12.1 Å². The van der Waals surface area contributed by atoms with E-state index in [4.69, 9.17) is 10.8 Å². The number of hydrogen-bond acceptors (Lipinski definition) is 3. The minimum atomic E-state index is -0.376. The highest BCUT2D eigenvalue weighted by Gasteiger charge is 2.05. The monoisotopic (exact) mass is 276 g/mol. The molecule has 0 fully saturated rings. The molecular weight excluding hydrogens is 263 g/mol. The van der Waals surface area contributed by atoms with Gasteiger partial charge in [-0.25, -0.2) is 4.39 Å². The number of nitrogens with two attached hydrogens (primary N) is 1. The average molecular weight is 277 g/mol. The second-order valence-electron chi connectivity index (χ2n) is 3.42. The molecule has 0 aliphatic heterocycles. The minimum Gasteiger partial charge on any atom is -0.397 e. The molecule has 0 aliphatic rings. The van der Waals surface area contributed by atoms with E-state index in [0.29, 0.717) is 28.8 Å². The van der Waals surface area contributed by atoms with Crippen LogP contribution in [0.25, 0.3) is 0 Å². The molecule has 5 heteroatoms. The van der Waals surface area contributed by atoms with E-state index >= 15 is 0 Å². The van der Waals surface area contributed by atoms with Crippen LogP contribution in [0, 0.1) is 5.82 Å². The Hall–Kier alpha value is -0.810. The van der Waals surface area contributed by atoms with Crippen molar-refractivity contribution in [3.8, 4) is 0 Å². The Balaban J connectivity index is 2.65.